The van der Waals surface area contributed by atoms with Gasteiger partial charge in [0.15, 0.2) is 0 Å². The van der Waals surface area contributed by atoms with Crippen LogP contribution in [0.4, 0.5) is 0 Å². The minimum atomic E-state index is -0.653. The van der Waals surface area contributed by atoms with Crippen molar-refractivity contribution in [2.75, 3.05) is 14.2 Å². The minimum absolute atomic E-state index is 0.204. The number of benzene rings is 2. The molecule has 144 valence electrons. The standard InChI is InChI=1S/C20H24ClN3O3/c1-13-6-5-7-17(19(24-26-4)20(25)22-3)18(13)12-27-23-14(2)15-8-10-16(21)11-9-15/h5-11,19,24H,12H2,1-4H3,(H,22,25)/b23-14+. The predicted octanol–water partition coefficient (Wildman–Crippen LogP) is 3.53. The molecule has 1 atom stereocenters. The lowest BCUT2D eigenvalue weighted by atomic mass is 9.96. The molecule has 0 aliphatic carbocycles. The number of oxime groups is 1. The van der Waals surface area contributed by atoms with Crippen molar-refractivity contribution in [3.8, 4) is 0 Å². The number of carbonyl (C=O) groups excluding carboxylic acids is 1. The topological polar surface area (TPSA) is 72.0 Å². The summed E-state index contributed by atoms with van der Waals surface area (Å²) < 4.78 is 0. The Hall–Kier alpha value is -2.41. The quantitative estimate of drug-likeness (QED) is 0.535. The van der Waals surface area contributed by atoms with Crippen LogP contribution in [0.2, 0.25) is 5.02 Å². The zero-order valence-electron chi connectivity index (χ0n) is 15.9. The van der Waals surface area contributed by atoms with Gasteiger partial charge >= 0.3 is 0 Å². The van der Waals surface area contributed by atoms with E-state index in [0.717, 1.165) is 28.0 Å². The molecule has 1 amide bonds. The molecule has 0 saturated carbocycles. The third-order valence-corrected chi connectivity index (χ3v) is 4.43. The monoisotopic (exact) mass is 389 g/mol. The van der Waals surface area contributed by atoms with Gasteiger partial charge < -0.3 is 15.0 Å². The summed E-state index contributed by atoms with van der Waals surface area (Å²) in [5, 5.41) is 7.50. The molecule has 0 heterocycles. The normalized spacial score (nSPS) is 12.6. The number of carbonyl (C=O) groups is 1. The molecule has 2 N–H and O–H groups in total. The number of aryl methyl sites for hydroxylation is 1. The number of halogens is 1. The van der Waals surface area contributed by atoms with Crippen molar-refractivity contribution in [2.45, 2.75) is 26.5 Å². The molecule has 0 bridgehead atoms. The summed E-state index contributed by atoms with van der Waals surface area (Å²) in [7, 11) is 3.06. The van der Waals surface area contributed by atoms with Gasteiger partial charge in [0.05, 0.1) is 12.8 Å². The summed E-state index contributed by atoms with van der Waals surface area (Å²) in [5.41, 5.74) is 7.04. The summed E-state index contributed by atoms with van der Waals surface area (Å²) in [6.07, 6.45) is 0. The molecule has 0 saturated heterocycles. The Morgan fingerprint density at radius 3 is 2.56 bits per heavy atom. The number of nitrogens with zero attached hydrogens (tertiary/aromatic N) is 1. The van der Waals surface area contributed by atoms with Gasteiger partial charge in [-0.25, -0.2) is 0 Å². The highest BCUT2D eigenvalue weighted by atomic mass is 35.5. The fourth-order valence-electron chi connectivity index (χ4n) is 2.65. The lowest BCUT2D eigenvalue weighted by Gasteiger charge is -2.20. The highest BCUT2D eigenvalue weighted by molar-refractivity contribution is 6.30. The summed E-state index contributed by atoms with van der Waals surface area (Å²) in [4.78, 5) is 22.8. The van der Waals surface area contributed by atoms with Gasteiger partial charge in [0.25, 0.3) is 0 Å². The van der Waals surface area contributed by atoms with E-state index in [1.54, 1.807) is 19.2 Å². The third kappa shape index (κ3) is 5.53. The molecule has 2 aromatic rings. The molecule has 0 aliphatic rings. The van der Waals surface area contributed by atoms with Crippen LogP contribution in [0.25, 0.3) is 0 Å². The first kappa shape index (κ1) is 20.9. The highest BCUT2D eigenvalue weighted by Gasteiger charge is 2.23. The van der Waals surface area contributed by atoms with E-state index < -0.39 is 6.04 Å². The maximum atomic E-state index is 12.2. The lowest BCUT2D eigenvalue weighted by molar-refractivity contribution is -0.126. The van der Waals surface area contributed by atoms with Crippen LogP contribution in [-0.4, -0.2) is 25.8 Å². The second-order valence-electron chi connectivity index (χ2n) is 5.97. The summed E-state index contributed by atoms with van der Waals surface area (Å²) >= 11 is 5.91. The molecular formula is C20H24ClN3O3. The first-order valence-corrected chi connectivity index (χ1v) is 8.86. The van der Waals surface area contributed by atoms with E-state index in [4.69, 9.17) is 21.3 Å². The van der Waals surface area contributed by atoms with Gasteiger partial charge in [0.1, 0.15) is 12.6 Å². The van der Waals surface area contributed by atoms with Crippen LogP contribution in [0.1, 0.15) is 35.2 Å². The lowest BCUT2D eigenvalue weighted by Crippen LogP contribution is -2.36. The number of nitrogens with one attached hydrogen (secondary N) is 2. The average Bonchev–Trinajstić information content (AvgIpc) is 2.67. The Bertz CT molecular complexity index is 807. The Balaban J connectivity index is 2.21. The van der Waals surface area contributed by atoms with Crippen molar-refractivity contribution in [2.24, 2.45) is 5.16 Å². The van der Waals surface area contributed by atoms with E-state index in [2.05, 4.69) is 16.0 Å². The number of rotatable bonds is 8. The van der Waals surface area contributed by atoms with Gasteiger partial charge in [-0.3, -0.25) is 4.79 Å². The van der Waals surface area contributed by atoms with Crippen molar-refractivity contribution in [1.29, 1.82) is 0 Å². The Morgan fingerprint density at radius 2 is 1.93 bits per heavy atom. The van der Waals surface area contributed by atoms with Crippen LogP contribution < -0.4 is 10.8 Å². The van der Waals surface area contributed by atoms with Gasteiger partial charge in [-0.05, 0) is 42.7 Å². The maximum absolute atomic E-state index is 12.2. The van der Waals surface area contributed by atoms with E-state index >= 15 is 0 Å². The van der Waals surface area contributed by atoms with Gasteiger partial charge in [0, 0.05) is 17.6 Å². The van der Waals surface area contributed by atoms with Crippen molar-refractivity contribution in [3.63, 3.8) is 0 Å². The summed E-state index contributed by atoms with van der Waals surface area (Å²) in [5.74, 6) is -0.204. The van der Waals surface area contributed by atoms with Crippen LogP contribution in [0.5, 0.6) is 0 Å². The highest BCUT2D eigenvalue weighted by Crippen LogP contribution is 2.23. The van der Waals surface area contributed by atoms with Crippen LogP contribution >= 0.6 is 11.6 Å². The van der Waals surface area contributed by atoms with Crippen molar-refractivity contribution in [3.05, 3.63) is 69.7 Å². The number of hydrogen-bond donors (Lipinski definition) is 2. The van der Waals surface area contributed by atoms with Crippen LogP contribution in [0.15, 0.2) is 47.6 Å². The molecule has 27 heavy (non-hydrogen) atoms. The summed E-state index contributed by atoms with van der Waals surface area (Å²) in [6.45, 7) is 4.05. The van der Waals surface area contributed by atoms with Gasteiger partial charge in [-0.1, -0.05) is 47.1 Å². The molecule has 0 aromatic heterocycles. The zero-order chi connectivity index (χ0) is 19.8. The van der Waals surface area contributed by atoms with E-state index in [-0.39, 0.29) is 12.5 Å². The van der Waals surface area contributed by atoms with E-state index in [9.17, 15) is 4.79 Å². The molecule has 0 radical (unpaired) electrons. The number of hydrogen-bond acceptors (Lipinski definition) is 5. The predicted molar refractivity (Wildman–Crippen MR) is 107 cm³/mol. The molecule has 6 nitrogen and oxygen atoms in total. The van der Waals surface area contributed by atoms with Gasteiger partial charge in [-0.15, -0.1) is 0 Å². The molecule has 0 aliphatic heterocycles. The number of amides is 1. The Morgan fingerprint density at radius 1 is 1.22 bits per heavy atom. The van der Waals surface area contributed by atoms with Crippen LogP contribution in [-0.2, 0) is 21.1 Å². The van der Waals surface area contributed by atoms with Crippen molar-refractivity contribution < 1.29 is 14.5 Å². The zero-order valence-corrected chi connectivity index (χ0v) is 16.6. The second kappa shape index (κ2) is 10.1. The van der Waals surface area contributed by atoms with E-state index in [1.165, 1.54) is 7.11 Å². The number of likely N-dealkylation sites (N-methyl/N-ethyl adjacent to an activating group) is 1. The van der Waals surface area contributed by atoms with Crippen molar-refractivity contribution in [1.82, 2.24) is 10.8 Å². The van der Waals surface area contributed by atoms with Gasteiger partial charge in [0.2, 0.25) is 5.91 Å². The molecular weight excluding hydrogens is 366 g/mol. The van der Waals surface area contributed by atoms with E-state index in [0.29, 0.717) is 5.02 Å². The fraction of sp³-hybridized carbons (Fsp3) is 0.300. The maximum Gasteiger partial charge on any atom is 0.243 e. The molecule has 0 spiro atoms. The largest absolute Gasteiger partial charge is 0.391 e. The molecule has 1 unspecified atom stereocenters. The van der Waals surface area contributed by atoms with Crippen LogP contribution in [0.3, 0.4) is 0 Å². The average molecular weight is 390 g/mol. The van der Waals surface area contributed by atoms with Crippen LogP contribution in [0, 0.1) is 6.92 Å². The Labute approximate surface area is 164 Å². The fourth-order valence-corrected chi connectivity index (χ4v) is 2.78. The second-order valence-corrected chi connectivity index (χ2v) is 6.41. The number of hydroxylamine groups is 1. The van der Waals surface area contributed by atoms with Gasteiger partial charge in [-0.2, -0.15) is 5.48 Å². The SMILES string of the molecule is CNC(=O)C(NOC)c1cccc(C)c1CO/N=C(\C)c1ccc(Cl)cc1. The first-order chi connectivity index (χ1) is 13.0. The third-order valence-electron chi connectivity index (χ3n) is 4.17. The summed E-state index contributed by atoms with van der Waals surface area (Å²) in [6, 6.07) is 12.4. The Kier molecular flexibility index (Phi) is 7.79. The first-order valence-electron chi connectivity index (χ1n) is 8.49. The molecule has 2 aromatic carbocycles. The van der Waals surface area contributed by atoms with E-state index in [1.807, 2.05) is 44.2 Å². The molecule has 7 heteroatoms. The molecule has 2 rings (SSSR count). The molecule has 0 fully saturated rings. The smallest absolute Gasteiger partial charge is 0.243 e. The minimum Gasteiger partial charge on any atom is -0.391 e. The van der Waals surface area contributed by atoms with Crippen molar-refractivity contribution >= 4 is 23.2 Å².